The minimum Gasteiger partial charge on any atom is -0.480 e. The van der Waals surface area contributed by atoms with Gasteiger partial charge in [0.1, 0.15) is 12.1 Å². The number of nitrogens with one attached hydrogen (secondary N) is 4. The number of aliphatic hydroxyl groups excluding tert-OH is 1. The van der Waals surface area contributed by atoms with Crippen molar-refractivity contribution < 1.29 is 29.4 Å². The molecule has 1 heterocycles. The van der Waals surface area contributed by atoms with Gasteiger partial charge in [-0.15, -0.1) is 0 Å². The number of aromatic amines is 1. The molecule has 2 aromatic rings. The minimum absolute atomic E-state index is 0.196. The van der Waals surface area contributed by atoms with E-state index in [0.29, 0.717) is 19.4 Å². The molecule has 0 aliphatic heterocycles. The molecule has 12 nitrogen and oxygen atoms in total. The van der Waals surface area contributed by atoms with Crippen molar-refractivity contribution in [2.45, 2.75) is 69.8 Å². The highest BCUT2D eigenvalue weighted by Crippen LogP contribution is 2.18. The number of aliphatic carboxylic acids is 1. The molecule has 0 spiro atoms. The molecular weight excluding hydrogens is 468 g/mol. The van der Waals surface area contributed by atoms with Crippen molar-refractivity contribution in [3.05, 3.63) is 36.0 Å². The number of carbonyl (C=O) groups is 4. The molecule has 10 N–H and O–H groups in total. The Morgan fingerprint density at radius 2 is 1.69 bits per heavy atom. The first-order valence-corrected chi connectivity index (χ1v) is 11.9. The fraction of sp³-hybridized carbons (Fsp3) is 0.500. The lowest BCUT2D eigenvalue weighted by molar-refractivity contribution is -0.145. The van der Waals surface area contributed by atoms with E-state index in [9.17, 15) is 29.4 Å². The number of aliphatic hydroxyl groups is 1. The van der Waals surface area contributed by atoms with Crippen LogP contribution in [0.15, 0.2) is 30.5 Å². The maximum atomic E-state index is 12.8. The smallest absolute Gasteiger partial charge is 0.328 e. The maximum Gasteiger partial charge on any atom is 0.328 e. The van der Waals surface area contributed by atoms with Gasteiger partial charge in [-0.3, -0.25) is 14.4 Å². The Bertz CT molecular complexity index is 1050. The van der Waals surface area contributed by atoms with Crippen molar-refractivity contribution in [1.82, 2.24) is 20.9 Å². The van der Waals surface area contributed by atoms with Gasteiger partial charge in [0.25, 0.3) is 0 Å². The second-order valence-corrected chi connectivity index (χ2v) is 8.81. The van der Waals surface area contributed by atoms with Gasteiger partial charge >= 0.3 is 5.97 Å². The topological polar surface area (TPSA) is 213 Å². The predicted octanol–water partition coefficient (Wildman–Crippen LogP) is -0.894. The van der Waals surface area contributed by atoms with Crippen LogP contribution in [0.1, 0.15) is 38.7 Å². The zero-order valence-corrected chi connectivity index (χ0v) is 20.5. The number of carboxylic acids is 1. The minimum atomic E-state index is -1.54. The third-order valence-electron chi connectivity index (χ3n) is 5.83. The molecule has 0 fully saturated rings. The Morgan fingerprint density at radius 3 is 2.33 bits per heavy atom. The van der Waals surface area contributed by atoms with Gasteiger partial charge in [0.15, 0.2) is 6.04 Å². The fourth-order valence-electron chi connectivity index (χ4n) is 3.72. The Morgan fingerprint density at radius 1 is 1.00 bits per heavy atom. The number of benzene rings is 1. The van der Waals surface area contributed by atoms with Crippen molar-refractivity contribution in [3.63, 3.8) is 0 Å². The second-order valence-electron chi connectivity index (χ2n) is 8.81. The van der Waals surface area contributed by atoms with Crippen LogP contribution in [-0.4, -0.2) is 75.7 Å². The lowest BCUT2D eigenvalue weighted by atomic mass is 10.0. The molecule has 1 aromatic heterocycles. The van der Waals surface area contributed by atoms with Crippen LogP contribution < -0.4 is 27.4 Å². The first-order chi connectivity index (χ1) is 17.0. The lowest BCUT2D eigenvalue weighted by Gasteiger charge is -2.24. The molecule has 0 aliphatic rings. The molecule has 0 saturated heterocycles. The first kappa shape index (κ1) is 28.8. The number of H-pyrrole nitrogens is 1. The van der Waals surface area contributed by atoms with Gasteiger partial charge < -0.3 is 42.6 Å². The lowest BCUT2D eigenvalue weighted by Crippen LogP contribution is -2.57. The summed E-state index contributed by atoms with van der Waals surface area (Å²) in [6.07, 6.45) is 1.98. The Hall–Kier alpha value is -3.48. The molecular formula is C24H36N6O6. The van der Waals surface area contributed by atoms with Gasteiger partial charge in [-0.2, -0.15) is 0 Å². The van der Waals surface area contributed by atoms with Crippen molar-refractivity contribution in [2.24, 2.45) is 11.5 Å². The van der Waals surface area contributed by atoms with Crippen LogP contribution in [-0.2, 0) is 25.6 Å². The molecule has 5 unspecified atom stereocenters. The van der Waals surface area contributed by atoms with Gasteiger partial charge in [-0.05, 0) is 57.7 Å². The summed E-state index contributed by atoms with van der Waals surface area (Å²) in [6, 6.07) is 3.08. The van der Waals surface area contributed by atoms with Gasteiger partial charge in [-0.1, -0.05) is 18.2 Å². The zero-order valence-electron chi connectivity index (χ0n) is 20.5. The van der Waals surface area contributed by atoms with E-state index in [0.717, 1.165) is 16.5 Å². The molecule has 0 bridgehead atoms. The molecule has 1 aromatic carbocycles. The fourth-order valence-corrected chi connectivity index (χ4v) is 3.72. The van der Waals surface area contributed by atoms with E-state index in [1.165, 1.54) is 13.8 Å². The highest BCUT2D eigenvalue weighted by molar-refractivity contribution is 5.94. The number of carboxylic acid groups (broad SMARTS) is 1. The number of hydrogen-bond acceptors (Lipinski definition) is 7. The summed E-state index contributed by atoms with van der Waals surface area (Å²) in [7, 11) is 0. The van der Waals surface area contributed by atoms with E-state index in [2.05, 4.69) is 20.9 Å². The normalized spacial score (nSPS) is 15.4. The monoisotopic (exact) mass is 504 g/mol. The number of rotatable bonds is 14. The number of nitrogens with two attached hydrogens (primary N) is 2. The summed E-state index contributed by atoms with van der Waals surface area (Å²) in [6.45, 7) is 3.07. The number of fused-ring (bicyclic) bond motifs is 1. The molecule has 5 atom stereocenters. The summed E-state index contributed by atoms with van der Waals surface area (Å²) >= 11 is 0. The third-order valence-corrected chi connectivity index (χ3v) is 5.83. The number of amides is 3. The molecule has 0 saturated carbocycles. The van der Waals surface area contributed by atoms with Crippen LogP contribution in [0.5, 0.6) is 0 Å². The average Bonchev–Trinajstić information content (AvgIpc) is 3.23. The van der Waals surface area contributed by atoms with E-state index in [1.807, 2.05) is 24.3 Å². The second kappa shape index (κ2) is 13.6. The van der Waals surface area contributed by atoms with E-state index in [1.54, 1.807) is 6.20 Å². The van der Waals surface area contributed by atoms with Gasteiger partial charge in [0.2, 0.25) is 17.7 Å². The van der Waals surface area contributed by atoms with Crippen LogP contribution in [0.3, 0.4) is 0 Å². The van der Waals surface area contributed by atoms with Crippen LogP contribution >= 0.6 is 0 Å². The van der Waals surface area contributed by atoms with Crippen LogP contribution in [0, 0.1) is 0 Å². The van der Waals surface area contributed by atoms with Gasteiger partial charge in [0, 0.05) is 17.1 Å². The Kier molecular flexibility index (Phi) is 10.8. The largest absolute Gasteiger partial charge is 0.480 e. The van der Waals surface area contributed by atoms with E-state index >= 15 is 0 Å². The summed E-state index contributed by atoms with van der Waals surface area (Å²) in [5, 5.41) is 27.2. The van der Waals surface area contributed by atoms with E-state index < -0.39 is 54.0 Å². The zero-order chi connectivity index (χ0) is 26.8. The van der Waals surface area contributed by atoms with Gasteiger partial charge in [0.05, 0.1) is 12.1 Å². The number of hydrogen-bond donors (Lipinski definition) is 8. The van der Waals surface area contributed by atoms with E-state index in [-0.39, 0.29) is 12.8 Å². The number of carbonyl (C=O) groups excluding carboxylic acids is 3. The van der Waals surface area contributed by atoms with Gasteiger partial charge in [-0.25, -0.2) is 4.79 Å². The SMILES string of the molecule is CC(NC(=O)C(N)Cc1c[nH]c2ccccc12)C(=O)NC(CCCCN)C(=O)NC(C(=O)O)C(C)O. The van der Waals surface area contributed by atoms with E-state index in [4.69, 9.17) is 11.5 Å². The standard InChI is InChI=1S/C24H36N6O6/c1-13(28-22(33)17(26)11-15-12-27-18-8-4-3-7-16(15)18)21(32)29-19(9-5-6-10-25)23(34)30-20(14(2)31)24(35)36/h3-4,7-8,12-14,17,19-20,27,31H,5-6,9-11,25-26H2,1-2H3,(H,28,33)(H,29,32)(H,30,34)(H,35,36). The molecule has 198 valence electrons. The van der Waals surface area contributed by atoms with Crippen molar-refractivity contribution in [3.8, 4) is 0 Å². The highest BCUT2D eigenvalue weighted by atomic mass is 16.4. The number of para-hydroxylation sites is 1. The van der Waals surface area contributed by atoms with Crippen LogP contribution in [0.25, 0.3) is 10.9 Å². The Labute approximate surface area is 209 Å². The quantitative estimate of drug-likeness (QED) is 0.151. The predicted molar refractivity (Wildman–Crippen MR) is 134 cm³/mol. The number of aromatic nitrogens is 1. The Balaban J connectivity index is 1.99. The maximum absolute atomic E-state index is 12.8. The molecule has 0 radical (unpaired) electrons. The summed E-state index contributed by atoms with van der Waals surface area (Å²) in [4.78, 5) is 52.5. The molecule has 12 heteroatoms. The van der Waals surface area contributed by atoms with Crippen molar-refractivity contribution in [2.75, 3.05) is 6.54 Å². The molecule has 3 amide bonds. The summed E-state index contributed by atoms with van der Waals surface area (Å²) < 4.78 is 0. The van der Waals surface area contributed by atoms with Crippen LogP contribution in [0.4, 0.5) is 0 Å². The molecule has 2 rings (SSSR count). The van der Waals surface area contributed by atoms with Crippen molar-refractivity contribution >= 4 is 34.6 Å². The number of unbranched alkanes of at least 4 members (excludes halogenated alkanes) is 1. The molecule has 36 heavy (non-hydrogen) atoms. The first-order valence-electron chi connectivity index (χ1n) is 11.9. The van der Waals surface area contributed by atoms with Crippen LogP contribution in [0.2, 0.25) is 0 Å². The summed E-state index contributed by atoms with van der Waals surface area (Å²) in [5.41, 5.74) is 13.4. The molecule has 0 aliphatic carbocycles. The average molecular weight is 505 g/mol. The van der Waals surface area contributed by atoms with Crippen molar-refractivity contribution in [1.29, 1.82) is 0 Å². The third kappa shape index (κ3) is 8.04. The summed E-state index contributed by atoms with van der Waals surface area (Å²) in [5.74, 6) is -3.34. The highest BCUT2D eigenvalue weighted by Gasteiger charge is 2.30.